The van der Waals surface area contributed by atoms with E-state index >= 15 is 0 Å². The Bertz CT molecular complexity index is 5450. The number of aromatic carboxylic acids is 1. The smallest absolute Gasteiger partial charge is 0.358 e. The van der Waals surface area contributed by atoms with E-state index in [0.717, 1.165) is 30.3 Å². The molecule has 0 atom stereocenters. The zero-order valence-corrected chi connectivity index (χ0v) is 48.1. The van der Waals surface area contributed by atoms with Gasteiger partial charge in [-0.15, -0.1) is 35.8 Å². The maximum Gasteiger partial charge on any atom is 0.358 e. The zero-order valence-electron chi connectivity index (χ0n) is 42.4. The summed E-state index contributed by atoms with van der Waals surface area (Å²) in [6.07, 6.45) is 0. The van der Waals surface area contributed by atoms with Gasteiger partial charge in [-0.3, -0.25) is 42.0 Å². The van der Waals surface area contributed by atoms with E-state index in [2.05, 4.69) is 46.0 Å². The van der Waals surface area contributed by atoms with Crippen LogP contribution < -0.4 is 5.73 Å². The van der Waals surface area contributed by atoms with Crippen molar-refractivity contribution in [3.05, 3.63) is 107 Å². The number of aromatic nitrogens is 2. The number of fused-ring (bicyclic) bond motifs is 2. The molecule has 8 aromatic rings. The Morgan fingerprint density at radius 2 is 0.944 bits per heavy atom. The van der Waals surface area contributed by atoms with E-state index in [1.54, 1.807) is 0 Å². The monoisotopic (exact) mass is 1370 g/mol. The second kappa shape index (κ2) is 22.7. The minimum Gasteiger partial charge on any atom is -0.505 e. The SMILES string of the molecule is Nc1c(N=Nc2ccc3c(O)c(N=Nc4ccc(N=Nc5c(C(=O)O)nn(-c6ccc(S(=O)(=O)O)cc6)c5O)cc4S(=O)(=O)O)c(S(=O)(=O)O)cc3c2S(=O)(=O)O)cc(S(=O)(=O)O)c2cc(S(=O)(=O)O)c(N=Nc3ccc([N+](=O)[O-])cc3S(=O)(=O)O)c(O)c12. The summed E-state index contributed by atoms with van der Waals surface area (Å²) in [7, 11) is -38.6. The minimum absolute atomic E-state index is 0.181. The Hall–Kier alpha value is -9.89. The van der Waals surface area contributed by atoms with E-state index in [1.165, 1.54) is 0 Å². The van der Waals surface area contributed by atoms with Gasteiger partial charge < -0.3 is 26.2 Å². The van der Waals surface area contributed by atoms with Crippen LogP contribution in [-0.4, -0.2) is 132 Å². The first-order chi connectivity index (χ1) is 40.9. The number of nitrogens with two attached hydrogens (primary N) is 1. The first-order valence-electron chi connectivity index (χ1n) is 22.4. The molecule has 0 aliphatic rings. The van der Waals surface area contributed by atoms with Crippen molar-refractivity contribution in [1.29, 1.82) is 0 Å². The number of nitro benzene ring substituents is 1. The van der Waals surface area contributed by atoms with Crippen molar-refractivity contribution in [2.45, 2.75) is 34.3 Å². The number of benzene rings is 7. The number of carboxylic acids is 1. The highest BCUT2D eigenvalue weighted by Crippen LogP contribution is 2.50. The molecular formula is C42H28N12O28S7. The lowest BCUT2D eigenvalue weighted by molar-refractivity contribution is -0.385. The summed E-state index contributed by atoms with van der Waals surface area (Å²) in [6, 6.07) is 9.28. The summed E-state index contributed by atoms with van der Waals surface area (Å²) in [4.78, 5) is 13.0. The predicted molar refractivity (Wildman–Crippen MR) is 293 cm³/mol. The number of hydrogen-bond acceptors (Lipinski definition) is 30. The van der Waals surface area contributed by atoms with Crippen LogP contribution >= 0.6 is 0 Å². The summed E-state index contributed by atoms with van der Waals surface area (Å²) >= 11 is 0. The fourth-order valence-electron chi connectivity index (χ4n) is 7.88. The van der Waals surface area contributed by atoms with Crippen LogP contribution in [0, 0.1) is 10.1 Å². The summed E-state index contributed by atoms with van der Waals surface area (Å²) in [6.45, 7) is 0. The van der Waals surface area contributed by atoms with Crippen molar-refractivity contribution in [3.8, 4) is 23.1 Å². The summed E-state index contributed by atoms with van der Waals surface area (Å²) in [5.41, 5.74) is -5.20. The Balaban J connectivity index is 1.23. The van der Waals surface area contributed by atoms with E-state index in [-0.39, 0.29) is 23.9 Å². The Labute approximate surface area is 494 Å². The van der Waals surface area contributed by atoms with Gasteiger partial charge in [-0.2, -0.15) is 73.8 Å². The van der Waals surface area contributed by atoms with E-state index in [4.69, 9.17) is 5.73 Å². The van der Waals surface area contributed by atoms with Gasteiger partial charge in [-0.05, 0) is 78.9 Å². The number of rotatable bonds is 18. The van der Waals surface area contributed by atoms with Crippen molar-refractivity contribution in [2.24, 2.45) is 40.9 Å². The van der Waals surface area contributed by atoms with Crippen LogP contribution in [0.25, 0.3) is 27.2 Å². The molecule has 1 heterocycles. The molecule has 8 rings (SSSR count). The molecule has 0 saturated heterocycles. The van der Waals surface area contributed by atoms with Gasteiger partial charge in [0.1, 0.15) is 63.5 Å². The average molecular weight is 1370 g/mol. The maximum atomic E-state index is 13.1. The molecule has 47 heteroatoms. The maximum absolute atomic E-state index is 13.1. The standard InChI is InChI=1S/C42H28N12O28S7/c43-33-26(15-27(84(65,66)67)22-14-31(88(77,78)79)35(39(56)32(22)33)50-46-24-9-4-18(54(60)61)12-29(24)86(71,72)73)48-47-25-10-7-20-21(40(25)89(80,81)82)13-30(87(74,75)76)34(38(20)55)49-45-23-8-1-16(11-28(23)85(68,69)70)44-51-36-37(42(58)59)52-53(41(36)57)17-2-5-19(6-3-17)83(62,63)64/h1-15,55-57H,43H2,(H,58,59)(H,62,63,64)(H,65,66,67)(H,68,69,70)(H,71,72,73)(H,74,75,76)(H,77,78,79)(H,80,81,82). The molecule has 0 fully saturated rings. The number of carboxylic acid groups (broad SMARTS) is 1. The quantitative estimate of drug-likeness (QED) is 0.0137. The Morgan fingerprint density at radius 1 is 0.472 bits per heavy atom. The second-order valence-electron chi connectivity index (χ2n) is 17.3. The molecule has 466 valence electrons. The second-order valence-corrected chi connectivity index (χ2v) is 27.0. The van der Waals surface area contributed by atoms with Crippen LogP contribution in [0.4, 0.5) is 56.9 Å². The number of hydrogen-bond donors (Lipinski definition) is 12. The number of nitro groups is 1. The van der Waals surface area contributed by atoms with Gasteiger partial charge in [0.25, 0.3) is 76.5 Å². The Morgan fingerprint density at radius 3 is 1.45 bits per heavy atom. The van der Waals surface area contributed by atoms with Crippen molar-refractivity contribution >= 4 is 155 Å². The van der Waals surface area contributed by atoms with Gasteiger partial charge in [-0.25, -0.2) is 4.79 Å². The molecule has 0 aliphatic carbocycles. The molecule has 1 aromatic heterocycles. The number of phenols is 2. The van der Waals surface area contributed by atoms with Crippen LogP contribution in [0.1, 0.15) is 10.5 Å². The molecule has 0 radical (unpaired) electrons. The van der Waals surface area contributed by atoms with Crippen molar-refractivity contribution in [1.82, 2.24) is 9.78 Å². The van der Waals surface area contributed by atoms with E-state index in [0.29, 0.717) is 47.1 Å². The summed E-state index contributed by atoms with van der Waals surface area (Å²) in [5.74, 6) is -5.89. The van der Waals surface area contributed by atoms with E-state index in [1.807, 2.05) is 0 Å². The number of azo groups is 4. The fourth-order valence-corrected chi connectivity index (χ4v) is 12.5. The van der Waals surface area contributed by atoms with Gasteiger partial charge in [-0.1, -0.05) is 0 Å². The predicted octanol–water partition coefficient (Wildman–Crippen LogP) is 6.87. The summed E-state index contributed by atoms with van der Waals surface area (Å²) in [5, 5.41) is 82.6. The van der Waals surface area contributed by atoms with Crippen molar-refractivity contribution < 1.29 is 121 Å². The lowest BCUT2D eigenvalue weighted by Gasteiger charge is -2.15. The third-order valence-electron chi connectivity index (χ3n) is 11.7. The van der Waals surface area contributed by atoms with Crippen LogP contribution in [0.5, 0.6) is 17.4 Å². The normalized spacial score (nSPS) is 13.2. The van der Waals surface area contributed by atoms with E-state index < -0.39 is 217 Å². The topological polar surface area (TPSA) is 664 Å². The largest absolute Gasteiger partial charge is 0.505 e. The highest BCUT2D eigenvalue weighted by atomic mass is 32.2. The van der Waals surface area contributed by atoms with Crippen LogP contribution in [-0.2, 0) is 70.8 Å². The molecule has 0 bridgehead atoms. The van der Waals surface area contributed by atoms with Gasteiger partial charge in [0.2, 0.25) is 11.6 Å². The first kappa shape index (κ1) is 65.1. The number of non-ortho nitro benzene ring substituents is 1. The number of phenolic OH excluding ortho intramolecular Hbond substituents is 2. The average Bonchev–Trinajstić information content (AvgIpc) is 1.30. The number of nitrogens with zero attached hydrogens (tertiary/aromatic N) is 11. The number of anilines is 1. The third kappa shape index (κ3) is 13.2. The molecular weight excluding hydrogens is 1340 g/mol. The molecule has 7 aromatic carbocycles. The molecule has 0 unspecified atom stereocenters. The third-order valence-corrected chi connectivity index (χ3v) is 17.9. The Kier molecular flexibility index (Phi) is 16.6. The number of nitrogen functional groups attached to an aromatic ring is 1. The minimum atomic E-state index is -5.82. The lowest BCUT2D eigenvalue weighted by atomic mass is 10.0. The van der Waals surface area contributed by atoms with Crippen LogP contribution in [0.15, 0.2) is 166 Å². The van der Waals surface area contributed by atoms with Crippen LogP contribution in [0.2, 0.25) is 0 Å². The zero-order chi connectivity index (χ0) is 66.2. The molecule has 13 N–H and O–H groups in total. The number of aromatic hydroxyl groups is 3. The fraction of sp³-hybridized carbons (Fsp3) is 0. The molecule has 40 nitrogen and oxygen atoms in total. The number of carbonyl (C=O) groups is 1. The van der Waals surface area contributed by atoms with Gasteiger partial charge >= 0.3 is 5.97 Å². The lowest BCUT2D eigenvalue weighted by Crippen LogP contribution is -2.04. The molecule has 0 saturated carbocycles. The highest BCUT2D eigenvalue weighted by Gasteiger charge is 2.32. The molecule has 0 amide bonds. The molecule has 0 spiro atoms. The molecule has 89 heavy (non-hydrogen) atoms. The van der Waals surface area contributed by atoms with Gasteiger partial charge in [0.15, 0.2) is 17.2 Å². The first-order valence-corrected chi connectivity index (χ1v) is 32.5. The van der Waals surface area contributed by atoms with Gasteiger partial charge in [0, 0.05) is 28.3 Å². The van der Waals surface area contributed by atoms with E-state index in [9.17, 15) is 126 Å². The van der Waals surface area contributed by atoms with Crippen LogP contribution in [0.3, 0.4) is 0 Å². The molecule has 0 aliphatic heterocycles. The highest BCUT2D eigenvalue weighted by molar-refractivity contribution is 7.87. The van der Waals surface area contributed by atoms with Crippen molar-refractivity contribution in [2.75, 3.05) is 5.73 Å². The summed E-state index contributed by atoms with van der Waals surface area (Å²) < 4.78 is 246. The van der Waals surface area contributed by atoms with Gasteiger partial charge in [0.05, 0.1) is 32.3 Å². The van der Waals surface area contributed by atoms with Crippen molar-refractivity contribution in [3.63, 3.8) is 0 Å².